The van der Waals surface area contributed by atoms with Gasteiger partial charge in [0.05, 0.1) is 14.6 Å². The van der Waals surface area contributed by atoms with Crippen molar-refractivity contribution in [3.05, 3.63) is 39.0 Å². The number of para-hydroxylation sites is 1. The largest absolute Gasteiger partial charge is 0.236 e. The van der Waals surface area contributed by atoms with E-state index in [1.807, 2.05) is 24.3 Å². The Morgan fingerprint density at radius 3 is 2.56 bits per heavy atom. The molecule has 0 atom stereocenters. The summed E-state index contributed by atoms with van der Waals surface area (Å²) < 4.78 is 2.55. The average Bonchev–Trinajstić information content (AvgIpc) is 2.81. The van der Waals surface area contributed by atoms with Crippen LogP contribution in [0.25, 0.3) is 20.8 Å². The predicted octanol–water partition coefficient (Wildman–Crippen LogP) is 5.33. The van der Waals surface area contributed by atoms with E-state index in [4.69, 9.17) is 23.2 Å². The van der Waals surface area contributed by atoms with E-state index in [0.717, 1.165) is 20.8 Å². The molecule has 0 aliphatic carbocycles. The molecule has 80 valence electrons. The molecule has 0 N–H and O–H groups in total. The van der Waals surface area contributed by atoms with E-state index >= 15 is 0 Å². The molecule has 0 radical (unpaired) electrons. The highest BCUT2D eigenvalue weighted by atomic mass is 35.5. The number of thiophene rings is 1. The summed E-state index contributed by atoms with van der Waals surface area (Å²) in [6, 6.07) is 9.91. The second-order valence-corrected chi connectivity index (χ2v) is 6.54. The van der Waals surface area contributed by atoms with Crippen molar-refractivity contribution in [2.45, 2.75) is 0 Å². The number of fused-ring (bicyclic) bond motifs is 1. The molecule has 0 bridgehead atoms. The maximum atomic E-state index is 6.11. The number of aromatic nitrogens is 1. The Kier molecular flexibility index (Phi) is 2.64. The number of halogens is 2. The standard InChI is InChI=1S/C11H5Cl2NS2/c12-9-5-6(10(13)16-9)11-14-7-3-1-2-4-8(7)15-11/h1-5H. The molecule has 3 rings (SSSR count). The SMILES string of the molecule is Clc1cc(-c2nc3ccccc3s2)c(Cl)s1. The molecule has 0 aliphatic heterocycles. The van der Waals surface area contributed by atoms with Crippen LogP contribution in [-0.4, -0.2) is 4.98 Å². The minimum absolute atomic E-state index is 0.694. The Balaban J connectivity index is 2.22. The lowest BCUT2D eigenvalue weighted by atomic mass is 10.3. The Morgan fingerprint density at radius 2 is 1.88 bits per heavy atom. The maximum absolute atomic E-state index is 6.11. The van der Waals surface area contributed by atoms with Crippen LogP contribution in [0.3, 0.4) is 0 Å². The summed E-state index contributed by atoms with van der Waals surface area (Å²) in [6.45, 7) is 0. The molecule has 0 saturated heterocycles. The molecule has 0 fully saturated rings. The van der Waals surface area contributed by atoms with Crippen LogP contribution in [0.4, 0.5) is 0 Å². The van der Waals surface area contributed by atoms with Crippen molar-refractivity contribution in [3.63, 3.8) is 0 Å². The molecule has 0 aliphatic rings. The lowest BCUT2D eigenvalue weighted by Crippen LogP contribution is -1.70. The summed E-state index contributed by atoms with van der Waals surface area (Å²) in [5, 5.41) is 0.925. The van der Waals surface area contributed by atoms with Crippen LogP contribution in [0, 0.1) is 0 Å². The minimum Gasteiger partial charge on any atom is -0.236 e. The van der Waals surface area contributed by atoms with Crippen LogP contribution in [-0.2, 0) is 0 Å². The summed E-state index contributed by atoms with van der Waals surface area (Å²) in [6.07, 6.45) is 0. The molecule has 0 unspecified atom stereocenters. The van der Waals surface area contributed by atoms with Gasteiger partial charge in [0, 0.05) is 5.56 Å². The van der Waals surface area contributed by atoms with E-state index in [-0.39, 0.29) is 0 Å². The lowest BCUT2D eigenvalue weighted by Gasteiger charge is -1.88. The molecule has 0 amide bonds. The van der Waals surface area contributed by atoms with Gasteiger partial charge < -0.3 is 0 Å². The monoisotopic (exact) mass is 285 g/mol. The summed E-state index contributed by atoms with van der Waals surface area (Å²) in [4.78, 5) is 4.54. The third kappa shape index (κ3) is 1.74. The van der Waals surface area contributed by atoms with Crippen LogP contribution in [0.2, 0.25) is 8.67 Å². The third-order valence-corrected chi connectivity index (χ3v) is 4.74. The van der Waals surface area contributed by atoms with E-state index < -0.39 is 0 Å². The molecule has 16 heavy (non-hydrogen) atoms. The lowest BCUT2D eigenvalue weighted by molar-refractivity contribution is 1.49. The number of hydrogen-bond acceptors (Lipinski definition) is 3. The van der Waals surface area contributed by atoms with Gasteiger partial charge in [0.25, 0.3) is 0 Å². The van der Waals surface area contributed by atoms with E-state index in [1.54, 1.807) is 11.3 Å². The van der Waals surface area contributed by atoms with E-state index in [9.17, 15) is 0 Å². The van der Waals surface area contributed by atoms with Crippen LogP contribution in [0.1, 0.15) is 0 Å². The van der Waals surface area contributed by atoms with Crippen LogP contribution in [0.15, 0.2) is 30.3 Å². The zero-order valence-corrected chi connectivity index (χ0v) is 11.1. The topological polar surface area (TPSA) is 12.9 Å². The minimum atomic E-state index is 0.694. The quantitative estimate of drug-likeness (QED) is 0.589. The Bertz CT molecular complexity index is 624. The number of thiazole rings is 1. The van der Waals surface area contributed by atoms with Gasteiger partial charge in [-0.05, 0) is 18.2 Å². The fourth-order valence-electron chi connectivity index (χ4n) is 1.47. The van der Waals surface area contributed by atoms with Crippen molar-refractivity contribution >= 4 is 56.1 Å². The first-order valence-electron chi connectivity index (χ1n) is 4.55. The maximum Gasteiger partial charge on any atom is 0.127 e. The van der Waals surface area contributed by atoms with Crippen LogP contribution in [0.5, 0.6) is 0 Å². The van der Waals surface area contributed by atoms with Crippen molar-refractivity contribution in [3.8, 4) is 10.6 Å². The fraction of sp³-hybridized carbons (Fsp3) is 0. The second kappa shape index (κ2) is 4.00. The summed E-state index contributed by atoms with van der Waals surface area (Å²) in [5.74, 6) is 0. The molecule has 5 heteroatoms. The van der Waals surface area contributed by atoms with E-state index in [2.05, 4.69) is 11.1 Å². The molecule has 1 aromatic carbocycles. The van der Waals surface area contributed by atoms with Crippen molar-refractivity contribution in [1.29, 1.82) is 0 Å². The fourth-order valence-corrected chi connectivity index (χ4v) is 4.05. The summed E-state index contributed by atoms with van der Waals surface area (Å²) in [5.41, 5.74) is 1.93. The molecular formula is C11H5Cl2NS2. The second-order valence-electron chi connectivity index (χ2n) is 3.22. The molecule has 0 spiro atoms. The van der Waals surface area contributed by atoms with Crippen molar-refractivity contribution in [2.24, 2.45) is 0 Å². The number of rotatable bonds is 1. The first-order valence-corrected chi connectivity index (χ1v) is 6.94. The van der Waals surface area contributed by atoms with Crippen LogP contribution >= 0.6 is 45.9 Å². The molecule has 2 aromatic heterocycles. The van der Waals surface area contributed by atoms with Crippen molar-refractivity contribution in [1.82, 2.24) is 4.98 Å². The normalized spacial score (nSPS) is 11.1. The number of benzene rings is 1. The Morgan fingerprint density at radius 1 is 1.06 bits per heavy atom. The van der Waals surface area contributed by atoms with Gasteiger partial charge >= 0.3 is 0 Å². The van der Waals surface area contributed by atoms with Gasteiger partial charge in [0.1, 0.15) is 9.34 Å². The molecule has 2 heterocycles. The zero-order chi connectivity index (χ0) is 11.1. The molecular weight excluding hydrogens is 281 g/mol. The highest BCUT2D eigenvalue weighted by molar-refractivity contribution is 7.23. The molecule has 0 saturated carbocycles. The van der Waals surface area contributed by atoms with Gasteiger partial charge in [0.15, 0.2) is 0 Å². The average molecular weight is 286 g/mol. The van der Waals surface area contributed by atoms with Crippen molar-refractivity contribution < 1.29 is 0 Å². The number of nitrogens with zero attached hydrogens (tertiary/aromatic N) is 1. The first-order chi connectivity index (χ1) is 7.74. The first kappa shape index (κ1) is 10.5. The molecule has 3 aromatic rings. The highest BCUT2D eigenvalue weighted by Crippen LogP contribution is 2.40. The molecule has 1 nitrogen and oxygen atoms in total. The predicted molar refractivity (Wildman–Crippen MR) is 73.0 cm³/mol. The van der Waals surface area contributed by atoms with Crippen LogP contribution < -0.4 is 0 Å². The third-order valence-electron chi connectivity index (χ3n) is 2.18. The van der Waals surface area contributed by atoms with Gasteiger partial charge in [-0.25, -0.2) is 4.98 Å². The van der Waals surface area contributed by atoms with Crippen molar-refractivity contribution in [2.75, 3.05) is 0 Å². The van der Waals surface area contributed by atoms with Gasteiger partial charge in [-0.15, -0.1) is 22.7 Å². The highest BCUT2D eigenvalue weighted by Gasteiger charge is 2.12. The van der Waals surface area contributed by atoms with E-state index in [0.29, 0.717) is 8.67 Å². The van der Waals surface area contributed by atoms with Gasteiger partial charge in [0.2, 0.25) is 0 Å². The number of hydrogen-bond donors (Lipinski definition) is 0. The zero-order valence-electron chi connectivity index (χ0n) is 7.91. The Hall–Kier alpha value is -0.610. The smallest absolute Gasteiger partial charge is 0.127 e. The Labute approximate surface area is 110 Å². The van der Waals surface area contributed by atoms with E-state index in [1.165, 1.54) is 11.3 Å². The van der Waals surface area contributed by atoms with Gasteiger partial charge in [-0.1, -0.05) is 35.3 Å². The summed E-state index contributed by atoms with van der Waals surface area (Å²) in [7, 11) is 0. The van der Waals surface area contributed by atoms with Gasteiger partial charge in [-0.3, -0.25) is 0 Å². The van der Waals surface area contributed by atoms with Gasteiger partial charge in [-0.2, -0.15) is 0 Å². The summed E-state index contributed by atoms with van der Waals surface area (Å²) >= 11 is 15.0.